The Balaban J connectivity index is 1.54. The number of halogens is 1. The average molecular weight is 366 g/mol. The van der Waals surface area contributed by atoms with Crippen LogP contribution in [0.4, 0.5) is 21.5 Å². The van der Waals surface area contributed by atoms with Crippen LogP contribution in [0.3, 0.4) is 0 Å². The molecule has 1 amide bonds. The standard InChI is InChI=1S/C21H19FN2O3/c1-26-19-7-2-3-8-20(19)27-14-21(25)24-17-11-9-16(10-12-17)23-18-6-4-5-15(22)13-18/h2-13,23H,14H2,1H3,(H,24,25). The highest BCUT2D eigenvalue weighted by Crippen LogP contribution is 2.25. The number of carbonyl (C=O) groups is 1. The first-order chi connectivity index (χ1) is 13.1. The van der Waals surface area contributed by atoms with Gasteiger partial charge in [0, 0.05) is 17.1 Å². The van der Waals surface area contributed by atoms with Crippen LogP contribution in [0.5, 0.6) is 11.5 Å². The van der Waals surface area contributed by atoms with E-state index in [9.17, 15) is 9.18 Å². The summed E-state index contributed by atoms with van der Waals surface area (Å²) >= 11 is 0. The van der Waals surface area contributed by atoms with E-state index in [0.29, 0.717) is 22.9 Å². The minimum absolute atomic E-state index is 0.135. The topological polar surface area (TPSA) is 59.6 Å². The first-order valence-corrected chi connectivity index (χ1v) is 8.32. The molecule has 0 aliphatic carbocycles. The zero-order valence-corrected chi connectivity index (χ0v) is 14.7. The third-order valence-corrected chi connectivity index (χ3v) is 3.71. The first-order valence-electron chi connectivity index (χ1n) is 8.32. The fourth-order valence-electron chi connectivity index (χ4n) is 2.45. The van der Waals surface area contributed by atoms with Gasteiger partial charge in [0.25, 0.3) is 5.91 Å². The lowest BCUT2D eigenvalue weighted by atomic mass is 10.2. The van der Waals surface area contributed by atoms with Crippen molar-refractivity contribution in [2.45, 2.75) is 0 Å². The van der Waals surface area contributed by atoms with E-state index in [1.165, 1.54) is 12.1 Å². The van der Waals surface area contributed by atoms with Crippen molar-refractivity contribution in [3.8, 4) is 11.5 Å². The van der Waals surface area contributed by atoms with Crippen molar-refractivity contribution in [3.63, 3.8) is 0 Å². The molecule has 0 radical (unpaired) electrons. The van der Waals surface area contributed by atoms with Crippen LogP contribution in [-0.2, 0) is 4.79 Å². The van der Waals surface area contributed by atoms with Crippen molar-refractivity contribution in [2.24, 2.45) is 0 Å². The van der Waals surface area contributed by atoms with Gasteiger partial charge in [-0.3, -0.25) is 4.79 Å². The molecule has 0 unspecified atom stereocenters. The summed E-state index contributed by atoms with van der Waals surface area (Å²) in [5, 5.41) is 5.85. The van der Waals surface area contributed by atoms with E-state index in [4.69, 9.17) is 9.47 Å². The molecule has 3 rings (SSSR count). The molecule has 0 saturated carbocycles. The van der Waals surface area contributed by atoms with Crippen molar-refractivity contribution in [1.29, 1.82) is 0 Å². The van der Waals surface area contributed by atoms with E-state index in [1.807, 2.05) is 6.07 Å². The Hall–Kier alpha value is -3.54. The van der Waals surface area contributed by atoms with Gasteiger partial charge in [-0.25, -0.2) is 4.39 Å². The largest absolute Gasteiger partial charge is 0.493 e. The zero-order chi connectivity index (χ0) is 19.1. The normalized spacial score (nSPS) is 10.1. The summed E-state index contributed by atoms with van der Waals surface area (Å²) in [6.07, 6.45) is 0. The van der Waals surface area contributed by atoms with E-state index in [-0.39, 0.29) is 18.3 Å². The van der Waals surface area contributed by atoms with Gasteiger partial charge in [0.15, 0.2) is 18.1 Å². The number of rotatable bonds is 7. The fraction of sp³-hybridized carbons (Fsp3) is 0.0952. The SMILES string of the molecule is COc1ccccc1OCC(=O)Nc1ccc(Nc2cccc(F)c2)cc1. The highest BCUT2D eigenvalue weighted by molar-refractivity contribution is 5.92. The van der Waals surface area contributed by atoms with Gasteiger partial charge < -0.3 is 20.1 Å². The van der Waals surface area contributed by atoms with Crippen LogP contribution in [-0.4, -0.2) is 19.6 Å². The van der Waals surface area contributed by atoms with E-state index in [1.54, 1.807) is 61.7 Å². The van der Waals surface area contributed by atoms with Crippen LogP contribution < -0.4 is 20.1 Å². The molecule has 3 aromatic rings. The van der Waals surface area contributed by atoms with Gasteiger partial charge in [-0.05, 0) is 54.6 Å². The molecule has 138 valence electrons. The molecule has 0 heterocycles. The minimum atomic E-state index is -0.307. The highest BCUT2D eigenvalue weighted by atomic mass is 19.1. The zero-order valence-electron chi connectivity index (χ0n) is 14.7. The number of hydrogen-bond acceptors (Lipinski definition) is 4. The molecule has 0 aromatic heterocycles. The second kappa shape index (κ2) is 8.71. The molecule has 0 bridgehead atoms. The van der Waals surface area contributed by atoms with Gasteiger partial charge in [-0.2, -0.15) is 0 Å². The quantitative estimate of drug-likeness (QED) is 0.642. The Morgan fingerprint density at radius 1 is 0.889 bits per heavy atom. The summed E-state index contributed by atoms with van der Waals surface area (Å²) in [5.41, 5.74) is 2.06. The Bertz CT molecular complexity index is 913. The van der Waals surface area contributed by atoms with Crippen LogP contribution in [0.1, 0.15) is 0 Å². The van der Waals surface area contributed by atoms with E-state index in [0.717, 1.165) is 5.69 Å². The summed E-state index contributed by atoms with van der Waals surface area (Å²) in [5.74, 6) is 0.480. The van der Waals surface area contributed by atoms with Gasteiger partial charge in [-0.1, -0.05) is 18.2 Å². The second-order valence-electron chi connectivity index (χ2n) is 5.70. The molecule has 0 aliphatic heterocycles. The summed E-state index contributed by atoms with van der Waals surface area (Å²) in [6.45, 7) is -0.135. The highest BCUT2D eigenvalue weighted by Gasteiger charge is 2.07. The van der Waals surface area contributed by atoms with Crippen LogP contribution in [0.25, 0.3) is 0 Å². The van der Waals surface area contributed by atoms with Crippen molar-refractivity contribution in [1.82, 2.24) is 0 Å². The number of ether oxygens (including phenoxy) is 2. The van der Waals surface area contributed by atoms with Crippen molar-refractivity contribution in [3.05, 3.63) is 78.6 Å². The predicted octanol–water partition coefficient (Wildman–Crippen LogP) is 4.60. The number of anilines is 3. The fourth-order valence-corrected chi connectivity index (χ4v) is 2.45. The van der Waals surface area contributed by atoms with Gasteiger partial charge in [0.2, 0.25) is 0 Å². The predicted molar refractivity (Wildman–Crippen MR) is 103 cm³/mol. The molecule has 2 N–H and O–H groups in total. The van der Waals surface area contributed by atoms with Crippen LogP contribution >= 0.6 is 0 Å². The van der Waals surface area contributed by atoms with Gasteiger partial charge in [-0.15, -0.1) is 0 Å². The average Bonchev–Trinajstić information content (AvgIpc) is 2.68. The molecule has 0 fully saturated rings. The molecule has 0 saturated heterocycles. The Morgan fingerprint density at radius 2 is 1.59 bits per heavy atom. The summed E-state index contributed by atoms with van der Waals surface area (Å²) in [7, 11) is 1.54. The van der Waals surface area contributed by atoms with Crippen LogP contribution in [0.15, 0.2) is 72.8 Å². The molecule has 6 heteroatoms. The molecule has 0 spiro atoms. The summed E-state index contributed by atoms with van der Waals surface area (Å²) < 4.78 is 23.9. The smallest absolute Gasteiger partial charge is 0.262 e. The van der Waals surface area contributed by atoms with Crippen LogP contribution in [0.2, 0.25) is 0 Å². The Kier molecular flexibility index (Phi) is 5.89. The first kappa shape index (κ1) is 18.3. The van der Waals surface area contributed by atoms with E-state index >= 15 is 0 Å². The Morgan fingerprint density at radius 3 is 2.30 bits per heavy atom. The summed E-state index contributed by atoms with van der Waals surface area (Å²) in [6, 6.07) is 20.4. The van der Waals surface area contributed by atoms with Gasteiger partial charge in [0.05, 0.1) is 7.11 Å². The maximum absolute atomic E-state index is 13.2. The third kappa shape index (κ3) is 5.22. The lowest BCUT2D eigenvalue weighted by Crippen LogP contribution is -2.20. The van der Waals surface area contributed by atoms with Crippen molar-refractivity contribution >= 4 is 23.0 Å². The number of para-hydroxylation sites is 2. The van der Waals surface area contributed by atoms with Gasteiger partial charge >= 0.3 is 0 Å². The molecular formula is C21H19FN2O3. The molecular weight excluding hydrogens is 347 g/mol. The summed E-state index contributed by atoms with van der Waals surface area (Å²) in [4.78, 5) is 12.1. The number of methoxy groups -OCH3 is 1. The van der Waals surface area contributed by atoms with E-state index in [2.05, 4.69) is 10.6 Å². The molecule has 0 aliphatic rings. The molecule has 27 heavy (non-hydrogen) atoms. The number of amides is 1. The number of nitrogens with one attached hydrogen (secondary N) is 2. The van der Waals surface area contributed by atoms with E-state index < -0.39 is 0 Å². The molecule has 3 aromatic carbocycles. The van der Waals surface area contributed by atoms with Gasteiger partial charge in [0.1, 0.15) is 5.82 Å². The second-order valence-corrected chi connectivity index (χ2v) is 5.70. The third-order valence-electron chi connectivity index (χ3n) is 3.71. The maximum Gasteiger partial charge on any atom is 0.262 e. The number of carbonyl (C=O) groups excluding carboxylic acids is 1. The lowest BCUT2D eigenvalue weighted by Gasteiger charge is -2.11. The Labute approximate surface area is 156 Å². The number of hydrogen-bond donors (Lipinski definition) is 2. The van der Waals surface area contributed by atoms with Crippen LogP contribution in [0, 0.1) is 5.82 Å². The number of benzene rings is 3. The van der Waals surface area contributed by atoms with Crippen molar-refractivity contribution in [2.75, 3.05) is 24.4 Å². The molecule has 0 atom stereocenters. The molecule has 5 nitrogen and oxygen atoms in total. The minimum Gasteiger partial charge on any atom is -0.493 e. The monoisotopic (exact) mass is 366 g/mol. The maximum atomic E-state index is 13.2. The lowest BCUT2D eigenvalue weighted by molar-refractivity contribution is -0.118. The van der Waals surface area contributed by atoms with Crippen molar-refractivity contribution < 1.29 is 18.7 Å².